The molecule has 1 aromatic heterocycles. The maximum atomic E-state index is 9.05. The lowest BCUT2D eigenvalue weighted by Gasteiger charge is -2.22. The number of rotatable bonds is 4. The molecule has 0 aromatic carbocycles. The highest BCUT2D eigenvalue weighted by atomic mass is 32.1. The number of likely N-dealkylation sites (N-methyl/N-ethyl adjacent to an activating group) is 1. The van der Waals surface area contributed by atoms with Gasteiger partial charge < -0.3 is 10.2 Å². The van der Waals surface area contributed by atoms with Crippen molar-refractivity contribution in [2.75, 3.05) is 20.3 Å². The summed E-state index contributed by atoms with van der Waals surface area (Å²) in [4.78, 5) is 3.25. The molecular weight excluding hydrogens is 222 g/mol. The Balaban J connectivity index is 2.70. The molecule has 1 heterocycles. The van der Waals surface area contributed by atoms with Gasteiger partial charge in [0, 0.05) is 23.0 Å². The van der Waals surface area contributed by atoms with Gasteiger partial charge in [0.05, 0.1) is 6.61 Å². The lowest BCUT2D eigenvalue weighted by atomic mass is 10.2. The molecule has 2 N–H and O–H groups in total. The Morgan fingerprint density at radius 3 is 2.88 bits per heavy atom. The van der Waals surface area contributed by atoms with Gasteiger partial charge in [-0.05, 0) is 25.4 Å². The maximum absolute atomic E-state index is 9.05. The van der Waals surface area contributed by atoms with Gasteiger partial charge in [-0.15, -0.1) is 11.3 Å². The van der Waals surface area contributed by atoms with Crippen LogP contribution in [0.1, 0.15) is 17.4 Å². The van der Waals surface area contributed by atoms with E-state index in [9.17, 15) is 0 Å². The molecule has 0 amide bonds. The van der Waals surface area contributed by atoms with Crippen molar-refractivity contribution in [3.8, 4) is 11.8 Å². The van der Waals surface area contributed by atoms with Crippen molar-refractivity contribution in [1.82, 2.24) is 4.90 Å². The van der Waals surface area contributed by atoms with Gasteiger partial charge in [-0.25, -0.2) is 0 Å². The fourth-order valence-electron chi connectivity index (χ4n) is 1.23. The summed E-state index contributed by atoms with van der Waals surface area (Å²) in [6.07, 6.45) is 0. The second-order valence-electron chi connectivity index (χ2n) is 3.66. The summed E-state index contributed by atoms with van der Waals surface area (Å²) in [5.74, 6) is 5.58. The Hall–Kier alpha value is -0.860. The lowest BCUT2D eigenvalue weighted by Crippen LogP contribution is -2.31. The van der Waals surface area contributed by atoms with E-state index < -0.39 is 0 Å². The largest absolute Gasteiger partial charge is 0.395 e. The molecule has 1 aromatic rings. The third-order valence-electron chi connectivity index (χ3n) is 2.46. The van der Waals surface area contributed by atoms with Gasteiger partial charge in [0.15, 0.2) is 0 Å². The maximum Gasteiger partial charge on any atom is 0.104 e. The van der Waals surface area contributed by atoms with E-state index in [2.05, 4.69) is 16.7 Å². The van der Waals surface area contributed by atoms with Crippen molar-refractivity contribution in [1.29, 1.82) is 0 Å². The van der Waals surface area contributed by atoms with Crippen LogP contribution in [0.2, 0.25) is 0 Å². The standard InChI is InChI=1S/C12H17NO2S/c1-10(9-15)13(2)8-12-11(4-3-6-14)5-7-16-12/h5,7,10,14-15H,6,8-9H2,1-2H3. The van der Waals surface area contributed by atoms with Gasteiger partial charge in [0.1, 0.15) is 6.61 Å². The predicted octanol–water partition coefficient (Wildman–Crippen LogP) is 0.905. The van der Waals surface area contributed by atoms with Gasteiger partial charge in [-0.1, -0.05) is 11.8 Å². The highest BCUT2D eigenvalue weighted by Crippen LogP contribution is 2.18. The normalized spacial score (nSPS) is 12.3. The highest BCUT2D eigenvalue weighted by molar-refractivity contribution is 7.10. The minimum atomic E-state index is -0.113. The molecule has 0 fully saturated rings. The summed E-state index contributed by atoms with van der Waals surface area (Å²) in [5.41, 5.74) is 0.969. The lowest BCUT2D eigenvalue weighted by molar-refractivity contribution is 0.155. The van der Waals surface area contributed by atoms with Gasteiger partial charge >= 0.3 is 0 Å². The second kappa shape index (κ2) is 6.66. The Labute approximate surface area is 100 Å². The van der Waals surface area contributed by atoms with Gasteiger partial charge in [-0.2, -0.15) is 0 Å². The second-order valence-corrected chi connectivity index (χ2v) is 4.66. The molecule has 0 radical (unpaired) electrons. The quantitative estimate of drug-likeness (QED) is 0.767. The molecule has 1 atom stereocenters. The summed E-state index contributed by atoms with van der Waals surface area (Å²) in [5, 5.41) is 19.7. The molecular formula is C12H17NO2S. The van der Waals surface area contributed by atoms with Crippen LogP contribution >= 0.6 is 11.3 Å². The van der Waals surface area contributed by atoms with Crippen LogP contribution < -0.4 is 0 Å². The summed E-state index contributed by atoms with van der Waals surface area (Å²) in [7, 11) is 1.98. The van der Waals surface area contributed by atoms with E-state index in [0.29, 0.717) is 0 Å². The number of nitrogens with zero attached hydrogens (tertiary/aromatic N) is 1. The van der Waals surface area contributed by atoms with Crippen LogP contribution in [0.4, 0.5) is 0 Å². The average molecular weight is 239 g/mol. The molecule has 0 bridgehead atoms. The first-order valence-corrected chi connectivity index (χ1v) is 6.04. The van der Waals surface area contributed by atoms with Crippen molar-refractivity contribution < 1.29 is 10.2 Å². The van der Waals surface area contributed by atoms with Gasteiger partial charge in [0.25, 0.3) is 0 Å². The number of hydrogen-bond acceptors (Lipinski definition) is 4. The fraction of sp³-hybridized carbons (Fsp3) is 0.500. The minimum Gasteiger partial charge on any atom is -0.395 e. The number of aliphatic hydroxyl groups is 2. The molecule has 3 nitrogen and oxygen atoms in total. The van der Waals surface area contributed by atoms with E-state index in [1.54, 1.807) is 11.3 Å². The number of aliphatic hydroxyl groups excluding tert-OH is 2. The van der Waals surface area contributed by atoms with Crippen LogP contribution in [0.3, 0.4) is 0 Å². The summed E-state index contributed by atoms with van der Waals surface area (Å²) in [6.45, 7) is 2.79. The monoisotopic (exact) mass is 239 g/mol. The molecule has 0 aliphatic heterocycles. The molecule has 0 aliphatic rings. The first-order valence-electron chi connectivity index (χ1n) is 5.16. The van der Waals surface area contributed by atoms with Crippen LogP contribution in [0.5, 0.6) is 0 Å². The van der Waals surface area contributed by atoms with Crippen LogP contribution in [-0.4, -0.2) is 41.4 Å². The predicted molar refractivity (Wildman–Crippen MR) is 66.3 cm³/mol. The average Bonchev–Trinajstić information content (AvgIpc) is 2.72. The van der Waals surface area contributed by atoms with E-state index in [-0.39, 0.29) is 19.3 Å². The first kappa shape index (κ1) is 13.2. The molecule has 4 heteroatoms. The Kier molecular flexibility index (Phi) is 5.50. The van der Waals surface area contributed by atoms with Crippen molar-refractivity contribution in [3.63, 3.8) is 0 Å². The van der Waals surface area contributed by atoms with Gasteiger partial charge in [0.2, 0.25) is 0 Å². The van der Waals surface area contributed by atoms with Crippen LogP contribution in [0, 0.1) is 11.8 Å². The SMILES string of the molecule is CC(CO)N(C)Cc1sccc1C#CCO. The molecule has 0 spiro atoms. The third kappa shape index (κ3) is 3.62. The van der Waals surface area contributed by atoms with E-state index >= 15 is 0 Å². The Bertz CT molecular complexity index is 378. The molecule has 88 valence electrons. The summed E-state index contributed by atoms with van der Waals surface area (Å²) >= 11 is 1.65. The number of hydrogen-bond donors (Lipinski definition) is 2. The highest BCUT2D eigenvalue weighted by Gasteiger charge is 2.10. The van der Waals surface area contributed by atoms with E-state index in [4.69, 9.17) is 10.2 Å². The third-order valence-corrected chi connectivity index (χ3v) is 3.36. The fourth-order valence-corrected chi connectivity index (χ4v) is 2.12. The zero-order valence-electron chi connectivity index (χ0n) is 9.60. The zero-order chi connectivity index (χ0) is 12.0. The van der Waals surface area contributed by atoms with E-state index in [1.807, 2.05) is 25.4 Å². The molecule has 1 rings (SSSR count). The smallest absolute Gasteiger partial charge is 0.104 e. The molecule has 16 heavy (non-hydrogen) atoms. The van der Waals surface area contributed by atoms with Crippen LogP contribution in [0.15, 0.2) is 11.4 Å². The first-order chi connectivity index (χ1) is 7.69. The molecule has 0 aliphatic carbocycles. The zero-order valence-corrected chi connectivity index (χ0v) is 10.4. The topological polar surface area (TPSA) is 43.7 Å². The summed E-state index contributed by atoms with van der Waals surface area (Å²) in [6, 6.07) is 2.10. The molecule has 0 saturated carbocycles. The van der Waals surface area contributed by atoms with Crippen molar-refractivity contribution in [2.24, 2.45) is 0 Å². The van der Waals surface area contributed by atoms with Gasteiger partial charge in [-0.3, -0.25) is 4.90 Å². The number of thiophene rings is 1. The van der Waals surface area contributed by atoms with Crippen molar-refractivity contribution in [2.45, 2.75) is 19.5 Å². The molecule has 0 saturated heterocycles. The molecule has 1 unspecified atom stereocenters. The summed E-state index contributed by atoms with van der Waals surface area (Å²) < 4.78 is 0. The van der Waals surface area contributed by atoms with Crippen LogP contribution in [-0.2, 0) is 6.54 Å². The minimum absolute atomic E-state index is 0.113. The van der Waals surface area contributed by atoms with Crippen molar-refractivity contribution >= 4 is 11.3 Å². The van der Waals surface area contributed by atoms with E-state index in [1.165, 1.54) is 4.88 Å². The Morgan fingerprint density at radius 1 is 1.50 bits per heavy atom. The van der Waals surface area contributed by atoms with Crippen LogP contribution in [0.25, 0.3) is 0 Å². The van der Waals surface area contributed by atoms with E-state index in [0.717, 1.165) is 12.1 Å². The van der Waals surface area contributed by atoms with Crippen molar-refractivity contribution in [3.05, 3.63) is 21.9 Å². The Morgan fingerprint density at radius 2 is 2.25 bits per heavy atom.